The van der Waals surface area contributed by atoms with Crippen molar-refractivity contribution >= 4 is 22.0 Å². The number of hydrogen-bond acceptors (Lipinski definition) is 7. The third-order valence-electron chi connectivity index (χ3n) is 5.66. The highest BCUT2D eigenvalue weighted by molar-refractivity contribution is 7.89. The molecule has 0 aliphatic rings. The average Bonchev–Trinajstić information content (AvgIpc) is 3.17. The van der Waals surface area contributed by atoms with E-state index in [2.05, 4.69) is 10.1 Å². The number of sulfonamides is 1. The van der Waals surface area contributed by atoms with Gasteiger partial charge in [0.1, 0.15) is 12.4 Å². The van der Waals surface area contributed by atoms with Crippen LogP contribution in [0.15, 0.2) is 35.5 Å². The minimum Gasteiger partial charge on any atom is -0.481 e. The maximum atomic E-state index is 14.6. The Morgan fingerprint density at radius 1 is 1.18 bits per heavy atom. The van der Waals surface area contributed by atoms with Gasteiger partial charge >= 0.3 is 11.9 Å². The van der Waals surface area contributed by atoms with Gasteiger partial charge in [0, 0.05) is 12.3 Å². The van der Waals surface area contributed by atoms with Gasteiger partial charge in [0.25, 0.3) is 10.0 Å². The first kappa shape index (κ1) is 28.7. The van der Waals surface area contributed by atoms with Crippen molar-refractivity contribution < 1.29 is 41.7 Å². The second-order valence-electron chi connectivity index (χ2n) is 9.46. The van der Waals surface area contributed by atoms with Crippen molar-refractivity contribution in [3.05, 3.63) is 58.9 Å². The van der Waals surface area contributed by atoms with E-state index in [9.17, 15) is 37.0 Å². The molecule has 0 saturated carbocycles. The summed E-state index contributed by atoms with van der Waals surface area (Å²) < 4.78 is 58.7. The Balaban J connectivity index is 2.00. The summed E-state index contributed by atoms with van der Waals surface area (Å²) >= 11 is 0. The average molecular weight is 553 g/mol. The van der Waals surface area contributed by atoms with Gasteiger partial charge in [0.15, 0.2) is 11.5 Å². The molecule has 11 nitrogen and oxygen atoms in total. The van der Waals surface area contributed by atoms with Gasteiger partial charge in [-0.2, -0.15) is 5.10 Å². The monoisotopic (exact) mass is 552 g/mol. The molecule has 3 aromatic rings. The molecule has 1 aromatic carbocycles. The fourth-order valence-corrected chi connectivity index (χ4v) is 4.47. The van der Waals surface area contributed by atoms with E-state index >= 15 is 0 Å². The summed E-state index contributed by atoms with van der Waals surface area (Å²) in [6.45, 7) is 6.14. The quantitative estimate of drug-likeness (QED) is 0.341. The first-order valence-electron chi connectivity index (χ1n) is 11.2. The number of nitrogens with two attached hydrogens (primary N) is 1. The van der Waals surface area contributed by atoms with E-state index in [-0.39, 0.29) is 24.8 Å². The van der Waals surface area contributed by atoms with Gasteiger partial charge in [-0.05, 0) is 60.2 Å². The lowest BCUT2D eigenvalue weighted by atomic mass is 9.88. The Morgan fingerprint density at radius 3 is 2.39 bits per heavy atom. The third kappa shape index (κ3) is 5.97. The first-order chi connectivity index (χ1) is 17.5. The molecule has 4 N–H and O–H groups in total. The molecule has 0 saturated heterocycles. The van der Waals surface area contributed by atoms with E-state index in [0.717, 1.165) is 0 Å². The number of carboxylic acids is 2. The predicted molar refractivity (Wildman–Crippen MR) is 130 cm³/mol. The van der Waals surface area contributed by atoms with Gasteiger partial charge in [0.05, 0.1) is 12.0 Å². The highest BCUT2D eigenvalue weighted by atomic mass is 32.2. The van der Waals surface area contributed by atoms with Crippen molar-refractivity contribution in [2.45, 2.75) is 50.6 Å². The smallest absolute Gasteiger partial charge is 0.357 e. The lowest BCUT2D eigenvalue weighted by molar-refractivity contribution is -0.136. The molecule has 3 rings (SSSR count). The summed E-state index contributed by atoms with van der Waals surface area (Å²) in [5, 5.41) is 26.2. The third-order valence-corrected chi connectivity index (χ3v) is 6.46. The molecule has 2 aromatic heterocycles. The maximum absolute atomic E-state index is 14.6. The Morgan fingerprint density at radius 2 is 1.84 bits per heavy atom. The number of aromatic nitrogens is 3. The molecule has 0 fully saturated rings. The number of primary sulfonamides is 1. The summed E-state index contributed by atoms with van der Waals surface area (Å²) in [5.41, 5.74) is -0.715. The van der Waals surface area contributed by atoms with Gasteiger partial charge in [-0.15, -0.1) is 0 Å². The SMILES string of the molecule is CC(C)c1cc(F)cc(-c2ccnc(OCC(C)(C)n3nc(S(N)(=O)=O)c(F)c3C(=O)O)c2)c1CC(=O)O. The van der Waals surface area contributed by atoms with E-state index in [0.29, 0.717) is 26.9 Å². The normalized spacial score (nSPS) is 12.1. The number of rotatable bonds is 10. The number of carboxylic acid groups (broad SMARTS) is 2. The highest BCUT2D eigenvalue weighted by Crippen LogP contribution is 2.33. The van der Waals surface area contributed by atoms with Crippen LogP contribution in [0.1, 0.15) is 55.2 Å². The molecule has 0 unspecified atom stereocenters. The van der Waals surface area contributed by atoms with E-state index in [1.54, 1.807) is 6.07 Å². The number of hydrogen-bond donors (Lipinski definition) is 3. The molecule has 38 heavy (non-hydrogen) atoms. The van der Waals surface area contributed by atoms with Crippen LogP contribution < -0.4 is 9.88 Å². The van der Waals surface area contributed by atoms with Crippen LogP contribution in [0.3, 0.4) is 0 Å². The minimum atomic E-state index is -4.65. The summed E-state index contributed by atoms with van der Waals surface area (Å²) in [7, 11) is -4.65. The van der Waals surface area contributed by atoms with Crippen molar-refractivity contribution in [2.24, 2.45) is 5.14 Å². The number of nitrogens with zero attached hydrogens (tertiary/aromatic N) is 3. The van der Waals surface area contributed by atoms with Crippen LogP contribution in [-0.2, 0) is 26.8 Å². The van der Waals surface area contributed by atoms with Gasteiger partial charge in [-0.25, -0.2) is 36.8 Å². The summed E-state index contributed by atoms with van der Waals surface area (Å²) in [6.07, 6.45) is 1.02. The van der Waals surface area contributed by atoms with Crippen LogP contribution in [0.4, 0.5) is 8.78 Å². The molecular weight excluding hydrogens is 526 g/mol. The lowest BCUT2D eigenvalue weighted by Crippen LogP contribution is -2.37. The Kier molecular flexibility index (Phi) is 7.88. The van der Waals surface area contributed by atoms with E-state index in [1.807, 2.05) is 13.8 Å². The van der Waals surface area contributed by atoms with Gasteiger partial charge < -0.3 is 14.9 Å². The standard InChI is InChI=1S/C24H26F2N4O7S/c1-12(2)15-8-14(25)9-16(17(15)10-19(31)32)13-5-6-28-18(7-13)37-11-24(3,4)30-21(23(33)34)20(26)22(29-30)38(27,35)36/h5-9,12H,10-11H2,1-4H3,(H,31,32)(H,33,34)(H2,27,35,36). The van der Waals surface area contributed by atoms with E-state index in [1.165, 1.54) is 38.2 Å². The molecule has 0 atom stereocenters. The molecule has 2 heterocycles. The Hall–Kier alpha value is -3.91. The number of aromatic carboxylic acids is 1. The fraction of sp³-hybridized carbons (Fsp3) is 0.333. The van der Waals surface area contributed by atoms with Crippen molar-refractivity contribution in [2.75, 3.05) is 6.61 Å². The van der Waals surface area contributed by atoms with Crippen LogP contribution in [-0.4, -0.2) is 51.9 Å². The highest BCUT2D eigenvalue weighted by Gasteiger charge is 2.36. The fourth-order valence-electron chi connectivity index (χ4n) is 3.93. The van der Waals surface area contributed by atoms with Crippen LogP contribution in [0, 0.1) is 11.6 Å². The molecule has 0 aliphatic carbocycles. The maximum Gasteiger partial charge on any atom is 0.357 e. The zero-order valence-electron chi connectivity index (χ0n) is 20.9. The second-order valence-corrected chi connectivity index (χ2v) is 10.9. The molecule has 0 aliphatic heterocycles. The molecular formula is C24H26F2N4O7S. The summed E-state index contributed by atoms with van der Waals surface area (Å²) in [5.74, 6) is -5.17. The van der Waals surface area contributed by atoms with Crippen LogP contribution in [0.5, 0.6) is 5.88 Å². The Labute approximate surface area is 216 Å². The first-order valence-corrected chi connectivity index (χ1v) is 12.8. The van der Waals surface area contributed by atoms with Crippen molar-refractivity contribution in [1.29, 1.82) is 0 Å². The van der Waals surface area contributed by atoms with Gasteiger partial charge in [-0.1, -0.05) is 13.8 Å². The number of benzene rings is 1. The number of ether oxygens (including phenoxy) is 1. The Bertz CT molecular complexity index is 1520. The zero-order chi connectivity index (χ0) is 28.6. The number of carbonyl (C=O) groups is 2. The zero-order valence-corrected chi connectivity index (χ0v) is 21.7. The number of pyridine rings is 1. The van der Waals surface area contributed by atoms with Gasteiger partial charge in [-0.3, -0.25) is 4.79 Å². The summed E-state index contributed by atoms with van der Waals surface area (Å²) in [4.78, 5) is 27.3. The largest absolute Gasteiger partial charge is 0.481 e. The molecule has 0 radical (unpaired) electrons. The van der Waals surface area contributed by atoms with E-state index in [4.69, 9.17) is 9.88 Å². The number of halogens is 2. The van der Waals surface area contributed by atoms with Gasteiger partial charge in [0.2, 0.25) is 10.9 Å². The lowest BCUT2D eigenvalue weighted by Gasteiger charge is -2.26. The van der Waals surface area contributed by atoms with Crippen molar-refractivity contribution in [1.82, 2.24) is 14.8 Å². The predicted octanol–water partition coefficient (Wildman–Crippen LogP) is 3.13. The topological polar surface area (TPSA) is 175 Å². The molecule has 0 spiro atoms. The molecule has 204 valence electrons. The van der Waals surface area contributed by atoms with Crippen molar-refractivity contribution in [3.8, 4) is 17.0 Å². The van der Waals surface area contributed by atoms with E-state index < -0.39 is 49.9 Å². The summed E-state index contributed by atoms with van der Waals surface area (Å²) in [6, 6.07) is 5.50. The minimum absolute atomic E-state index is 0.00313. The van der Waals surface area contributed by atoms with Crippen LogP contribution in [0.25, 0.3) is 11.1 Å². The molecule has 0 amide bonds. The number of aliphatic carboxylic acids is 1. The molecule has 14 heteroatoms. The molecule has 0 bridgehead atoms. The van der Waals surface area contributed by atoms with Crippen LogP contribution in [0.2, 0.25) is 0 Å². The van der Waals surface area contributed by atoms with Crippen LogP contribution >= 0.6 is 0 Å². The second kappa shape index (κ2) is 10.5. The van der Waals surface area contributed by atoms with Crippen molar-refractivity contribution in [3.63, 3.8) is 0 Å².